The van der Waals surface area contributed by atoms with Gasteiger partial charge in [0.25, 0.3) is 0 Å². The maximum Gasteiger partial charge on any atom is 0.0768 e. The van der Waals surface area contributed by atoms with Crippen molar-refractivity contribution in [2.45, 2.75) is 129 Å². The van der Waals surface area contributed by atoms with Gasteiger partial charge in [-0.2, -0.15) is 0 Å². The van der Waals surface area contributed by atoms with Crippen LogP contribution >= 0.6 is 0 Å². The second kappa shape index (κ2) is 26.9. The summed E-state index contributed by atoms with van der Waals surface area (Å²) in [4.78, 5) is 8.08. The van der Waals surface area contributed by atoms with E-state index in [0.29, 0.717) is 0 Å². The molecule has 0 unspecified atom stereocenters. The summed E-state index contributed by atoms with van der Waals surface area (Å²) in [6, 6.07) is 0. The summed E-state index contributed by atoms with van der Waals surface area (Å²) >= 11 is 0. The monoisotopic (exact) mass is 670 g/mol. The van der Waals surface area contributed by atoms with Crippen LogP contribution in [0.25, 0.3) is 0 Å². The molecule has 0 saturated carbocycles. The number of rotatable bonds is 16. The zero-order valence-corrected chi connectivity index (χ0v) is 33.0. The normalized spacial score (nSPS) is 12.3. The van der Waals surface area contributed by atoms with Gasteiger partial charge in [0.2, 0.25) is 0 Å². The van der Waals surface area contributed by atoms with E-state index in [1.54, 1.807) is 0 Å². The Labute approximate surface area is 277 Å². The predicted octanol–water partition coefficient (Wildman–Crippen LogP) is 4.39. The molecule has 0 heterocycles. The summed E-state index contributed by atoms with van der Waals surface area (Å²) in [5.41, 5.74) is -1.87. The van der Waals surface area contributed by atoms with Crippen molar-refractivity contribution in [1.82, 2.24) is 19.6 Å². The Morgan fingerprint density at radius 2 is 0.415 bits per heavy atom. The molecule has 0 fully saturated rings. The fraction of sp³-hybridized carbons (Fsp3) is 1.00. The molecule has 0 atom stereocenters. The van der Waals surface area contributed by atoms with Gasteiger partial charge in [0.15, 0.2) is 0 Å². The van der Waals surface area contributed by atoms with Crippen LogP contribution in [0.15, 0.2) is 0 Å². The molecule has 0 spiro atoms. The van der Waals surface area contributed by atoms with Crippen molar-refractivity contribution in [1.29, 1.82) is 0 Å². The van der Waals surface area contributed by atoms with Gasteiger partial charge in [0.1, 0.15) is 0 Å². The quantitative estimate of drug-likeness (QED) is 0.192. The Bertz CT molecular complexity index is 452. The maximum absolute atomic E-state index is 9.76. The Morgan fingerprint density at radius 1 is 0.317 bits per heavy atom. The third-order valence-corrected chi connectivity index (χ3v) is 7.71. The predicted molar refractivity (Wildman–Crippen MR) is 176 cm³/mol. The molecule has 0 aromatic carbocycles. The molecular weight excluding hydrogens is 596 g/mol. The van der Waals surface area contributed by atoms with E-state index in [1.165, 1.54) is 0 Å². The van der Waals surface area contributed by atoms with Crippen molar-refractivity contribution in [2.75, 3.05) is 82.6 Å². The van der Waals surface area contributed by atoms with Crippen molar-refractivity contribution in [3.8, 4) is 0 Å². The summed E-state index contributed by atoms with van der Waals surface area (Å²) in [6.45, 7) is 19.2. The first kappa shape index (κ1) is 51.2. The fourth-order valence-electron chi connectivity index (χ4n) is 4.25. The molecular formula is C32H76N4O4Zr. The summed E-state index contributed by atoms with van der Waals surface area (Å²) in [5, 5.41) is 39.0. The van der Waals surface area contributed by atoms with Crippen LogP contribution in [-0.4, -0.2) is 145 Å². The summed E-state index contributed by atoms with van der Waals surface area (Å²) in [7, 11) is 15.9. The average Bonchev–Trinajstić information content (AvgIpc) is 2.88. The number of aliphatic hydroxyl groups is 4. The van der Waals surface area contributed by atoms with Crippen LogP contribution in [0.1, 0.15) is 107 Å². The molecule has 9 heteroatoms. The number of likely N-dealkylation sites (N-methyl/N-ethyl adjacent to an activating group) is 4. The van der Waals surface area contributed by atoms with Gasteiger partial charge < -0.3 is 40.0 Å². The van der Waals surface area contributed by atoms with E-state index in [-0.39, 0.29) is 26.2 Å². The first-order chi connectivity index (χ1) is 18.2. The molecule has 8 nitrogen and oxygen atoms in total. The van der Waals surface area contributed by atoms with E-state index in [9.17, 15) is 20.4 Å². The van der Waals surface area contributed by atoms with Crippen molar-refractivity contribution >= 4 is 0 Å². The van der Waals surface area contributed by atoms with Crippen LogP contribution in [0.3, 0.4) is 0 Å². The summed E-state index contributed by atoms with van der Waals surface area (Å²) in [6.07, 6.45) is 6.68. The summed E-state index contributed by atoms with van der Waals surface area (Å²) < 4.78 is 0. The molecule has 0 rings (SSSR count). The van der Waals surface area contributed by atoms with Gasteiger partial charge in [-0.05, 0) is 108 Å². The zero-order chi connectivity index (χ0) is 32.8. The van der Waals surface area contributed by atoms with Gasteiger partial charge >= 0.3 is 0 Å². The topological polar surface area (TPSA) is 93.9 Å². The van der Waals surface area contributed by atoms with Crippen LogP contribution < -0.4 is 0 Å². The van der Waals surface area contributed by atoms with Gasteiger partial charge in [0, 0.05) is 52.4 Å². The van der Waals surface area contributed by atoms with Crippen molar-refractivity contribution in [3.05, 3.63) is 0 Å². The van der Waals surface area contributed by atoms with Crippen molar-refractivity contribution < 1.29 is 46.6 Å². The molecule has 0 saturated heterocycles. The minimum absolute atomic E-state index is 0. The van der Waals surface area contributed by atoms with Crippen molar-refractivity contribution in [3.63, 3.8) is 0 Å². The van der Waals surface area contributed by atoms with E-state index < -0.39 is 22.4 Å². The maximum atomic E-state index is 9.76. The molecule has 0 aliphatic carbocycles. The molecule has 4 N–H and O–H groups in total. The largest absolute Gasteiger partial charge is 0.389 e. The van der Waals surface area contributed by atoms with Crippen LogP contribution in [0.2, 0.25) is 0 Å². The minimum Gasteiger partial charge on any atom is -0.389 e. The van der Waals surface area contributed by atoms with Crippen LogP contribution in [0.4, 0.5) is 0 Å². The molecule has 0 amide bonds. The standard InChI is InChI=1S/4C8H19NO.Zr/c4*1-5-8(10,6-2)7-9(3)4;/h4*10H,5-7H2,1-4H3;. The molecule has 0 radical (unpaired) electrons. The van der Waals surface area contributed by atoms with Gasteiger partial charge in [-0.25, -0.2) is 0 Å². The van der Waals surface area contributed by atoms with Crippen LogP contribution in [-0.2, 0) is 26.2 Å². The first-order valence-corrected chi connectivity index (χ1v) is 15.6. The first-order valence-electron chi connectivity index (χ1n) is 15.6. The average molecular weight is 672 g/mol. The number of hydrogen-bond donors (Lipinski definition) is 4. The minimum atomic E-state index is -0.469. The Morgan fingerprint density at radius 3 is 0.439 bits per heavy atom. The Balaban J connectivity index is -0.000000139. The SMILES string of the molecule is CCC(O)(CC)CN(C)C.CCC(O)(CC)CN(C)C.CCC(O)(CC)CN(C)C.CCC(O)(CC)CN(C)C.[Zr]. The molecule has 0 aliphatic heterocycles. The second-order valence-electron chi connectivity index (χ2n) is 12.7. The Hall–Kier alpha value is 0.563. The van der Waals surface area contributed by atoms with E-state index >= 15 is 0 Å². The van der Waals surface area contributed by atoms with Crippen LogP contribution in [0, 0.1) is 0 Å². The van der Waals surface area contributed by atoms with E-state index in [2.05, 4.69) is 0 Å². The van der Waals surface area contributed by atoms with Gasteiger partial charge in [-0.15, -0.1) is 0 Å². The van der Waals surface area contributed by atoms with E-state index in [0.717, 1.165) is 77.5 Å². The zero-order valence-electron chi connectivity index (χ0n) is 30.6. The third kappa shape index (κ3) is 30.4. The second-order valence-corrected chi connectivity index (χ2v) is 12.7. The van der Waals surface area contributed by atoms with E-state index in [4.69, 9.17) is 0 Å². The number of hydrogen-bond acceptors (Lipinski definition) is 8. The molecule has 0 aromatic rings. The van der Waals surface area contributed by atoms with Crippen LogP contribution in [0.5, 0.6) is 0 Å². The number of nitrogens with zero attached hydrogens (tertiary/aromatic N) is 4. The summed E-state index contributed by atoms with van der Waals surface area (Å²) in [5.74, 6) is 0. The van der Waals surface area contributed by atoms with Gasteiger partial charge in [-0.3, -0.25) is 0 Å². The molecule has 41 heavy (non-hydrogen) atoms. The third-order valence-electron chi connectivity index (χ3n) is 7.71. The van der Waals surface area contributed by atoms with E-state index in [1.807, 2.05) is 131 Å². The van der Waals surface area contributed by atoms with Gasteiger partial charge in [-0.1, -0.05) is 55.4 Å². The Kier molecular flexibility index (Phi) is 33.6. The van der Waals surface area contributed by atoms with Crippen molar-refractivity contribution in [2.24, 2.45) is 0 Å². The smallest absolute Gasteiger partial charge is 0.0768 e. The molecule has 0 bridgehead atoms. The van der Waals surface area contributed by atoms with Gasteiger partial charge in [0.05, 0.1) is 22.4 Å². The molecule has 0 aromatic heterocycles. The fourth-order valence-corrected chi connectivity index (χ4v) is 4.25. The molecule has 252 valence electrons. The molecule has 0 aliphatic rings.